The van der Waals surface area contributed by atoms with Crippen molar-refractivity contribution in [3.63, 3.8) is 0 Å². The molecule has 4 rings (SSSR count). The summed E-state index contributed by atoms with van der Waals surface area (Å²) in [7, 11) is -2.09. The molecule has 1 fully saturated rings. The topological polar surface area (TPSA) is 105 Å². The van der Waals surface area contributed by atoms with Crippen molar-refractivity contribution >= 4 is 15.9 Å². The van der Waals surface area contributed by atoms with Gasteiger partial charge in [-0.05, 0) is 30.9 Å². The first-order chi connectivity index (χ1) is 12.4. The minimum absolute atomic E-state index is 0.176. The average Bonchev–Trinajstić information content (AvgIpc) is 2.99. The van der Waals surface area contributed by atoms with Crippen LogP contribution in [0.2, 0.25) is 0 Å². The van der Waals surface area contributed by atoms with Crippen molar-refractivity contribution in [1.82, 2.24) is 19.8 Å². The van der Waals surface area contributed by atoms with E-state index in [0.717, 1.165) is 12.8 Å². The summed E-state index contributed by atoms with van der Waals surface area (Å²) >= 11 is 0. The zero-order valence-electron chi connectivity index (χ0n) is 14.4. The van der Waals surface area contributed by atoms with Crippen molar-refractivity contribution in [1.29, 1.82) is 0 Å². The van der Waals surface area contributed by atoms with E-state index in [1.165, 1.54) is 11.3 Å². The molecular weight excluding hydrogens is 356 g/mol. The summed E-state index contributed by atoms with van der Waals surface area (Å²) in [4.78, 5) is 18.7. The number of hydrogen-bond acceptors (Lipinski definition) is 6. The molecule has 1 atom stereocenters. The van der Waals surface area contributed by atoms with Crippen LogP contribution in [0.5, 0.6) is 0 Å². The predicted molar refractivity (Wildman–Crippen MR) is 91.6 cm³/mol. The third-order valence-electron chi connectivity index (χ3n) is 4.97. The first kappa shape index (κ1) is 17.2. The standard InChI is InChI=1S/C17H20N4O4S/c1-21(10-15-18-16(25-19-15)11-6-4-7-11)17(22)13-9-12-5-2-3-8-14(12)26(23,24)20-13/h2-3,5,8,11,13,20H,4,6-7,9-10H2,1H3/t13-/m0/s1. The smallest absolute Gasteiger partial charge is 0.241 e. The average molecular weight is 376 g/mol. The van der Waals surface area contributed by atoms with Crippen LogP contribution in [0.25, 0.3) is 0 Å². The van der Waals surface area contributed by atoms with Gasteiger partial charge in [-0.1, -0.05) is 29.8 Å². The number of nitrogens with zero attached hydrogens (tertiary/aromatic N) is 3. The molecule has 2 aromatic rings. The van der Waals surface area contributed by atoms with E-state index in [0.29, 0.717) is 29.6 Å². The van der Waals surface area contributed by atoms with E-state index >= 15 is 0 Å². The van der Waals surface area contributed by atoms with Crippen LogP contribution < -0.4 is 4.72 Å². The summed E-state index contributed by atoms with van der Waals surface area (Å²) in [6.07, 6.45) is 3.60. The lowest BCUT2D eigenvalue weighted by Crippen LogP contribution is -2.50. The van der Waals surface area contributed by atoms with Gasteiger partial charge in [0.25, 0.3) is 0 Å². The van der Waals surface area contributed by atoms with E-state index in [4.69, 9.17) is 4.52 Å². The molecule has 0 radical (unpaired) electrons. The second-order valence-corrected chi connectivity index (χ2v) is 8.54. The number of benzene rings is 1. The minimum atomic E-state index is -3.69. The normalized spacial score (nSPS) is 21.7. The van der Waals surface area contributed by atoms with Crippen LogP contribution in [-0.2, 0) is 27.8 Å². The highest BCUT2D eigenvalue weighted by Gasteiger charge is 2.35. The molecule has 1 aliphatic heterocycles. The van der Waals surface area contributed by atoms with Crippen molar-refractivity contribution < 1.29 is 17.7 Å². The van der Waals surface area contributed by atoms with Crippen molar-refractivity contribution in [3.05, 3.63) is 41.5 Å². The quantitative estimate of drug-likeness (QED) is 0.859. The van der Waals surface area contributed by atoms with Crippen LogP contribution in [-0.4, -0.2) is 42.5 Å². The maximum Gasteiger partial charge on any atom is 0.241 e. The fourth-order valence-corrected chi connectivity index (χ4v) is 4.73. The molecule has 1 saturated carbocycles. The van der Waals surface area contributed by atoms with E-state index in [1.54, 1.807) is 31.3 Å². The third kappa shape index (κ3) is 3.12. The number of likely N-dealkylation sites (N-methyl/N-ethyl adjacent to an activating group) is 1. The van der Waals surface area contributed by atoms with E-state index in [-0.39, 0.29) is 17.3 Å². The molecule has 2 aliphatic rings. The minimum Gasteiger partial charge on any atom is -0.339 e. The van der Waals surface area contributed by atoms with Gasteiger partial charge >= 0.3 is 0 Å². The number of aromatic nitrogens is 2. The molecule has 1 aromatic heterocycles. The molecule has 1 aliphatic carbocycles. The highest BCUT2D eigenvalue weighted by atomic mass is 32.2. The molecule has 9 heteroatoms. The van der Waals surface area contributed by atoms with Crippen LogP contribution in [0.1, 0.15) is 42.5 Å². The zero-order valence-corrected chi connectivity index (χ0v) is 15.2. The maximum atomic E-state index is 12.7. The predicted octanol–water partition coefficient (Wildman–Crippen LogP) is 1.20. The summed E-state index contributed by atoms with van der Waals surface area (Å²) < 4.78 is 32.5. The van der Waals surface area contributed by atoms with Crippen molar-refractivity contribution in [2.75, 3.05) is 7.05 Å². The van der Waals surface area contributed by atoms with E-state index in [1.807, 2.05) is 0 Å². The molecule has 1 amide bonds. The number of hydrogen-bond donors (Lipinski definition) is 1. The molecule has 138 valence electrons. The Hall–Kier alpha value is -2.26. The lowest BCUT2D eigenvalue weighted by atomic mass is 9.85. The fourth-order valence-electron chi connectivity index (χ4n) is 3.29. The van der Waals surface area contributed by atoms with Crippen LogP contribution in [0, 0.1) is 0 Å². The lowest BCUT2D eigenvalue weighted by molar-refractivity contribution is -0.132. The largest absolute Gasteiger partial charge is 0.339 e. The molecule has 0 spiro atoms. The Bertz CT molecular complexity index is 936. The number of fused-ring (bicyclic) bond motifs is 1. The molecule has 0 bridgehead atoms. The number of amides is 1. The number of carbonyl (C=O) groups excluding carboxylic acids is 1. The van der Waals surface area contributed by atoms with Crippen molar-refractivity contribution in [2.45, 2.75) is 49.1 Å². The van der Waals surface area contributed by atoms with Crippen molar-refractivity contribution in [3.8, 4) is 0 Å². The highest BCUT2D eigenvalue weighted by molar-refractivity contribution is 7.89. The monoisotopic (exact) mass is 376 g/mol. The van der Waals surface area contributed by atoms with E-state index in [2.05, 4.69) is 14.9 Å². The molecule has 0 unspecified atom stereocenters. The summed E-state index contributed by atoms with van der Waals surface area (Å²) in [5.41, 5.74) is 0.643. The van der Waals surface area contributed by atoms with Crippen LogP contribution in [0.3, 0.4) is 0 Å². The maximum absolute atomic E-state index is 12.7. The fraction of sp³-hybridized carbons (Fsp3) is 0.471. The molecule has 0 saturated heterocycles. The Balaban J connectivity index is 1.46. The van der Waals surface area contributed by atoms with Gasteiger partial charge in [0.2, 0.25) is 21.8 Å². The molecule has 26 heavy (non-hydrogen) atoms. The van der Waals surface area contributed by atoms with Gasteiger partial charge in [0.1, 0.15) is 6.04 Å². The van der Waals surface area contributed by atoms with E-state index in [9.17, 15) is 13.2 Å². The van der Waals surface area contributed by atoms with Crippen molar-refractivity contribution in [2.24, 2.45) is 0 Å². The first-order valence-electron chi connectivity index (χ1n) is 8.62. The van der Waals surface area contributed by atoms with Gasteiger partial charge in [0.15, 0.2) is 5.82 Å². The first-order valence-corrected chi connectivity index (χ1v) is 10.1. The highest BCUT2D eigenvalue weighted by Crippen LogP contribution is 2.35. The Kier molecular flexibility index (Phi) is 4.28. The molecule has 1 N–H and O–H groups in total. The number of rotatable bonds is 4. The van der Waals surface area contributed by atoms with Gasteiger partial charge in [-0.3, -0.25) is 4.79 Å². The van der Waals surface area contributed by atoms with Crippen LogP contribution >= 0.6 is 0 Å². The van der Waals surface area contributed by atoms with E-state index < -0.39 is 16.1 Å². The second-order valence-electron chi connectivity index (χ2n) is 6.86. The Morgan fingerprint density at radius 1 is 1.35 bits per heavy atom. The third-order valence-corrected chi connectivity index (χ3v) is 6.55. The van der Waals surface area contributed by atoms with Gasteiger partial charge in [-0.2, -0.15) is 9.71 Å². The summed E-state index contributed by atoms with van der Waals surface area (Å²) in [6, 6.07) is 5.88. The van der Waals surface area contributed by atoms with Gasteiger partial charge in [0, 0.05) is 13.0 Å². The number of sulfonamides is 1. The zero-order chi connectivity index (χ0) is 18.3. The Morgan fingerprint density at radius 2 is 2.12 bits per heavy atom. The number of nitrogens with one attached hydrogen (secondary N) is 1. The van der Waals surface area contributed by atoms with Gasteiger partial charge in [0.05, 0.1) is 11.4 Å². The molecule has 1 aromatic carbocycles. The van der Waals surface area contributed by atoms with Gasteiger partial charge < -0.3 is 9.42 Å². The molecular formula is C17H20N4O4S. The lowest BCUT2D eigenvalue weighted by Gasteiger charge is -2.28. The Labute approximate surface area is 151 Å². The summed E-state index contributed by atoms with van der Waals surface area (Å²) in [5, 5.41) is 3.93. The summed E-state index contributed by atoms with van der Waals surface area (Å²) in [6.45, 7) is 0.176. The Morgan fingerprint density at radius 3 is 2.85 bits per heavy atom. The molecule has 2 heterocycles. The SMILES string of the molecule is CN(Cc1noc(C2CCC2)n1)C(=O)[C@@H]1Cc2ccccc2S(=O)(=O)N1. The second kappa shape index (κ2) is 6.48. The molecule has 8 nitrogen and oxygen atoms in total. The number of carbonyl (C=O) groups is 1. The summed E-state index contributed by atoms with van der Waals surface area (Å²) in [5.74, 6) is 1.07. The van der Waals surface area contributed by atoms with Gasteiger partial charge in [-0.15, -0.1) is 0 Å². The van der Waals surface area contributed by atoms with Crippen LogP contribution in [0.4, 0.5) is 0 Å². The van der Waals surface area contributed by atoms with Gasteiger partial charge in [-0.25, -0.2) is 8.42 Å². The van der Waals surface area contributed by atoms with Crippen LogP contribution in [0.15, 0.2) is 33.7 Å².